The Morgan fingerprint density at radius 3 is 2.71 bits per heavy atom. The second-order valence-corrected chi connectivity index (χ2v) is 4.81. The van der Waals surface area contributed by atoms with Crippen LogP contribution in [0, 0.1) is 0 Å². The molecule has 1 aromatic carbocycles. The molecule has 3 aromatic rings. The van der Waals surface area contributed by atoms with Gasteiger partial charge in [0.05, 0.1) is 23.0 Å². The highest BCUT2D eigenvalue weighted by molar-refractivity contribution is 6.10. The third-order valence-corrected chi connectivity index (χ3v) is 3.61. The summed E-state index contributed by atoms with van der Waals surface area (Å²) in [6.07, 6.45) is 2.34. The number of fused-ring (bicyclic) bond motifs is 3. The van der Waals surface area contributed by atoms with E-state index in [0.717, 1.165) is 22.0 Å². The van der Waals surface area contributed by atoms with E-state index in [1.54, 1.807) is 19.2 Å². The number of carbonyl (C=O) groups is 1. The Morgan fingerprint density at radius 1 is 1.19 bits per heavy atom. The van der Waals surface area contributed by atoms with Crippen molar-refractivity contribution in [3.63, 3.8) is 0 Å². The topological polar surface area (TPSA) is 75.0 Å². The molecule has 0 saturated heterocycles. The number of nitrogens with one attached hydrogen (secondary N) is 2. The molecule has 0 atom stereocenters. The van der Waals surface area contributed by atoms with Gasteiger partial charge in [0.2, 0.25) is 0 Å². The lowest BCUT2D eigenvalue weighted by atomic mass is 10.0. The molecular formula is C16H16N2O3. The van der Waals surface area contributed by atoms with E-state index in [9.17, 15) is 9.59 Å². The van der Waals surface area contributed by atoms with Crippen molar-refractivity contribution in [1.82, 2.24) is 9.97 Å². The van der Waals surface area contributed by atoms with Crippen LogP contribution in [0.15, 0.2) is 29.2 Å². The molecule has 0 bridgehead atoms. The summed E-state index contributed by atoms with van der Waals surface area (Å²) in [6, 6.07) is 5.12. The molecule has 5 heteroatoms. The molecule has 2 N–H and O–H groups in total. The first kappa shape index (κ1) is 13.4. The number of rotatable bonds is 3. The van der Waals surface area contributed by atoms with Crippen molar-refractivity contribution in [2.75, 3.05) is 6.61 Å². The van der Waals surface area contributed by atoms with E-state index in [4.69, 9.17) is 4.74 Å². The number of H-pyrrole nitrogens is 2. The minimum absolute atomic E-state index is 0.0468. The van der Waals surface area contributed by atoms with Gasteiger partial charge in [-0.3, -0.25) is 4.79 Å². The first-order valence-electron chi connectivity index (χ1n) is 6.99. The van der Waals surface area contributed by atoms with Gasteiger partial charge < -0.3 is 14.7 Å². The molecule has 2 heterocycles. The molecule has 0 aliphatic carbocycles. The molecule has 0 spiro atoms. The number of pyridine rings is 1. The summed E-state index contributed by atoms with van der Waals surface area (Å²) in [5.41, 5.74) is 2.77. The Morgan fingerprint density at radius 2 is 2.00 bits per heavy atom. The van der Waals surface area contributed by atoms with Crippen molar-refractivity contribution in [3.8, 4) is 0 Å². The molecule has 3 rings (SSSR count). The van der Waals surface area contributed by atoms with Crippen LogP contribution < -0.4 is 5.43 Å². The van der Waals surface area contributed by atoms with Crippen LogP contribution in [0.5, 0.6) is 0 Å². The van der Waals surface area contributed by atoms with Crippen molar-refractivity contribution in [1.29, 1.82) is 0 Å². The van der Waals surface area contributed by atoms with Gasteiger partial charge >= 0.3 is 5.97 Å². The van der Waals surface area contributed by atoms with E-state index in [2.05, 4.69) is 9.97 Å². The fourth-order valence-corrected chi connectivity index (χ4v) is 2.75. The van der Waals surface area contributed by atoms with Gasteiger partial charge in [-0.25, -0.2) is 4.79 Å². The van der Waals surface area contributed by atoms with Gasteiger partial charge in [0, 0.05) is 11.6 Å². The molecule has 0 amide bonds. The van der Waals surface area contributed by atoms with Crippen LogP contribution in [-0.4, -0.2) is 22.5 Å². The van der Waals surface area contributed by atoms with E-state index in [-0.39, 0.29) is 5.43 Å². The van der Waals surface area contributed by atoms with Crippen LogP contribution in [-0.2, 0) is 11.2 Å². The zero-order valence-corrected chi connectivity index (χ0v) is 11.9. The standard InChI is InChI=1S/C16H16N2O3/c1-3-9-13-11(8-17-15(9)16(20)21-4-2)18-10-6-5-7-12(19)14(10)13/h5-8,17-18H,3-4H2,1-2H3. The molecule has 5 nitrogen and oxygen atoms in total. The zero-order valence-electron chi connectivity index (χ0n) is 11.9. The summed E-state index contributed by atoms with van der Waals surface area (Å²) in [5, 5.41) is 1.43. The van der Waals surface area contributed by atoms with Crippen molar-refractivity contribution in [2.24, 2.45) is 0 Å². The Kier molecular flexibility index (Phi) is 3.25. The van der Waals surface area contributed by atoms with Gasteiger partial charge in [-0.15, -0.1) is 0 Å². The molecule has 0 aliphatic rings. The van der Waals surface area contributed by atoms with Gasteiger partial charge in [0.1, 0.15) is 5.69 Å². The second-order valence-electron chi connectivity index (χ2n) is 4.81. The van der Waals surface area contributed by atoms with Crippen molar-refractivity contribution in [3.05, 3.63) is 45.9 Å². The van der Waals surface area contributed by atoms with Crippen LogP contribution in [0.3, 0.4) is 0 Å². The molecule has 2 aromatic heterocycles. The minimum atomic E-state index is -0.394. The minimum Gasteiger partial charge on any atom is -0.461 e. The predicted molar refractivity (Wildman–Crippen MR) is 81.8 cm³/mol. The van der Waals surface area contributed by atoms with E-state index in [1.807, 2.05) is 13.0 Å². The third kappa shape index (κ3) is 2.01. The van der Waals surface area contributed by atoms with Crippen LogP contribution in [0.1, 0.15) is 29.9 Å². The monoisotopic (exact) mass is 284 g/mol. The maximum atomic E-state index is 12.2. The third-order valence-electron chi connectivity index (χ3n) is 3.61. The predicted octanol–water partition coefficient (Wildman–Crippen LogP) is 2.75. The molecular weight excluding hydrogens is 268 g/mol. The Bertz CT molecular complexity index is 890. The fourth-order valence-electron chi connectivity index (χ4n) is 2.75. The number of carbonyl (C=O) groups excluding carboxylic acids is 1. The van der Waals surface area contributed by atoms with Crippen molar-refractivity contribution >= 4 is 27.8 Å². The SMILES string of the molecule is CCOC(=O)c1[nH]cc2[nH]c3cccc(=O)c3c2c1CC. The zero-order chi connectivity index (χ0) is 15.0. The summed E-state index contributed by atoms with van der Waals surface area (Å²) < 4.78 is 5.08. The van der Waals surface area contributed by atoms with Gasteiger partial charge in [-0.05, 0) is 31.0 Å². The number of aryl methyl sites for hydroxylation is 1. The summed E-state index contributed by atoms with van der Waals surface area (Å²) in [6.45, 7) is 4.04. The summed E-state index contributed by atoms with van der Waals surface area (Å²) in [5.74, 6) is -0.394. The second kappa shape index (κ2) is 5.09. The van der Waals surface area contributed by atoms with E-state index in [0.29, 0.717) is 24.1 Å². The normalized spacial score (nSPS) is 11.1. The van der Waals surface area contributed by atoms with Gasteiger partial charge in [0.25, 0.3) is 0 Å². The van der Waals surface area contributed by atoms with Crippen LogP contribution in [0.25, 0.3) is 21.8 Å². The number of ether oxygens (including phenoxy) is 1. The van der Waals surface area contributed by atoms with Crippen LogP contribution in [0.4, 0.5) is 0 Å². The summed E-state index contributed by atoms with van der Waals surface area (Å²) in [4.78, 5) is 30.4. The number of hydrogen-bond donors (Lipinski definition) is 2. The number of aromatic nitrogens is 2. The smallest absolute Gasteiger partial charge is 0.355 e. The molecule has 0 saturated carbocycles. The Labute approximate surface area is 120 Å². The maximum Gasteiger partial charge on any atom is 0.355 e. The Hall–Kier alpha value is -2.56. The highest BCUT2D eigenvalue weighted by Gasteiger charge is 2.18. The molecule has 0 radical (unpaired) electrons. The Balaban J connectivity index is 2.42. The summed E-state index contributed by atoms with van der Waals surface area (Å²) in [7, 11) is 0. The van der Waals surface area contributed by atoms with Gasteiger partial charge in [0.15, 0.2) is 5.43 Å². The van der Waals surface area contributed by atoms with Gasteiger partial charge in [-0.1, -0.05) is 13.0 Å². The first-order chi connectivity index (χ1) is 10.2. The average molecular weight is 284 g/mol. The number of aromatic amines is 2. The van der Waals surface area contributed by atoms with Gasteiger partial charge in [-0.2, -0.15) is 0 Å². The highest BCUT2D eigenvalue weighted by Crippen LogP contribution is 2.28. The maximum absolute atomic E-state index is 12.2. The lowest BCUT2D eigenvalue weighted by Crippen LogP contribution is -2.11. The van der Waals surface area contributed by atoms with Crippen molar-refractivity contribution < 1.29 is 9.53 Å². The first-order valence-corrected chi connectivity index (χ1v) is 6.99. The largest absolute Gasteiger partial charge is 0.461 e. The molecule has 108 valence electrons. The van der Waals surface area contributed by atoms with E-state index >= 15 is 0 Å². The quantitative estimate of drug-likeness (QED) is 0.726. The van der Waals surface area contributed by atoms with Crippen LogP contribution in [0.2, 0.25) is 0 Å². The highest BCUT2D eigenvalue weighted by atomic mass is 16.5. The fraction of sp³-hybridized carbons (Fsp3) is 0.250. The molecule has 0 aliphatic heterocycles. The average Bonchev–Trinajstić information content (AvgIpc) is 2.86. The number of esters is 1. The van der Waals surface area contributed by atoms with E-state index < -0.39 is 5.97 Å². The number of benzene rings is 1. The number of hydrogen-bond acceptors (Lipinski definition) is 3. The lowest BCUT2D eigenvalue weighted by molar-refractivity contribution is 0.0518. The lowest BCUT2D eigenvalue weighted by Gasteiger charge is -2.09. The molecule has 0 unspecified atom stereocenters. The summed E-state index contributed by atoms with van der Waals surface area (Å²) >= 11 is 0. The van der Waals surface area contributed by atoms with Crippen molar-refractivity contribution in [2.45, 2.75) is 20.3 Å². The van der Waals surface area contributed by atoms with E-state index in [1.165, 1.54) is 6.07 Å². The molecule has 21 heavy (non-hydrogen) atoms. The molecule has 0 fully saturated rings. The van der Waals surface area contributed by atoms with Crippen LogP contribution >= 0.6 is 0 Å².